The van der Waals surface area contributed by atoms with Crippen molar-refractivity contribution in [1.82, 2.24) is 0 Å². The number of benzene rings is 1. The molecule has 2 aliphatic rings. The molecule has 1 aromatic rings. The number of thioether (sulfide) groups is 1. The molecule has 98 valence electrons. The van der Waals surface area contributed by atoms with Gasteiger partial charge in [-0.25, -0.2) is 0 Å². The maximum atomic E-state index is 10.4. The van der Waals surface area contributed by atoms with Gasteiger partial charge in [-0.15, -0.1) is 0 Å². The van der Waals surface area contributed by atoms with Crippen molar-refractivity contribution in [3.8, 4) is 11.5 Å². The third-order valence-corrected chi connectivity index (χ3v) is 5.43. The van der Waals surface area contributed by atoms with Crippen LogP contribution in [0.4, 0.5) is 0 Å². The van der Waals surface area contributed by atoms with Gasteiger partial charge in [0.1, 0.15) is 17.1 Å². The molecule has 0 radical (unpaired) electrons. The molecule has 1 fully saturated rings. The summed E-state index contributed by atoms with van der Waals surface area (Å²) in [6.07, 6.45) is 1.24. The molecule has 0 aliphatic carbocycles. The van der Waals surface area contributed by atoms with Crippen LogP contribution in [0, 0.1) is 0 Å². The van der Waals surface area contributed by atoms with Crippen molar-refractivity contribution >= 4 is 11.8 Å². The number of rotatable bonds is 1. The summed E-state index contributed by atoms with van der Waals surface area (Å²) in [5, 5.41) is 10.8. The van der Waals surface area contributed by atoms with E-state index in [1.54, 1.807) is 7.11 Å². The molecule has 0 saturated carbocycles. The number of methoxy groups -OCH3 is 1. The van der Waals surface area contributed by atoms with E-state index in [4.69, 9.17) is 9.47 Å². The van der Waals surface area contributed by atoms with Crippen LogP contribution in [0.2, 0.25) is 0 Å². The Bertz CT molecular complexity index is 462. The van der Waals surface area contributed by atoms with E-state index in [1.165, 1.54) is 0 Å². The van der Waals surface area contributed by atoms with Crippen molar-refractivity contribution in [2.45, 2.75) is 36.7 Å². The highest BCUT2D eigenvalue weighted by Crippen LogP contribution is 2.49. The number of ether oxygens (including phenoxy) is 2. The topological polar surface area (TPSA) is 38.7 Å². The lowest BCUT2D eigenvalue weighted by Crippen LogP contribution is -2.45. The Kier molecular flexibility index (Phi) is 2.94. The molecular weight excluding hydrogens is 248 g/mol. The van der Waals surface area contributed by atoms with Gasteiger partial charge in [-0.05, 0) is 37.3 Å². The van der Waals surface area contributed by atoms with Crippen LogP contribution in [0.5, 0.6) is 11.5 Å². The van der Waals surface area contributed by atoms with E-state index in [2.05, 4.69) is 6.92 Å². The van der Waals surface area contributed by atoms with Gasteiger partial charge in [-0.1, -0.05) is 0 Å². The van der Waals surface area contributed by atoms with Gasteiger partial charge in [0.15, 0.2) is 0 Å². The summed E-state index contributed by atoms with van der Waals surface area (Å²) >= 11 is 1.93. The van der Waals surface area contributed by atoms with Crippen LogP contribution in [0.25, 0.3) is 0 Å². The largest absolute Gasteiger partial charge is 0.497 e. The minimum atomic E-state index is -0.454. The van der Waals surface area contributed by atoms with Crippen molar-refractivity contribution in [3.63, 3.8) is 0 Å². The van der Waals surface area contributed by atoms with Crippen LogP contribution >= 0.6 is 11.8 Å². The average molecular weight is 266 g/mol. The third-order valence-electron chi connectivity index (χ3n) is 4.06. The van der Waals surface area contributed by atoms with Gasteiger partial charge in [-0.3, -0.25) is 0 Å². The van der Waals surface area contributed by atoms with E-state index in [0.717, 1.165) is 29.2 Å². The first-order chi connectivity index (χ1) is 8.64. The first-order valence-corrected chi connectivity index (χ1v) is 7.36. The lowest BCUT2D eigenvalue weighted by Gasteiger charge is -2.40. The molecule has 1 saturated heterocycles. The predicted molar refractivity (Wildman–Crippen MR) is 72.5 cm³/mol. The number of hydrogen-bond acceptors (Lipinski definition) is 4. The fourth-order valence-corrected chi connectivity index (χ4v) is 4.25. The second-order valence-electron chi connectivity index (χ2n) is 5.05. The fraction of sp³-hybridized carbons (Fsp3) is 0.571. The Morgan fingerprint density at radius 2 is 2.33 bits per heavy atom. The highest BCUT2D eigenvalue weighted by molar-refractivity contribution is 8.00. The van der Waals surface area contributed by atoms with E-state index in [1.807, 2.05) is 30.0 Å². The first kappa shape index (κ1) is 12.2. The average Bonchev–Trinajstić information content (AvgIpc) is 2.70. The summed E-state index contributed by atoms with van der Waals surface area (Å²) in [5.41, 5.74) is 0.662. The van der Waals surface area contributed by atoms with Crippen LogP contribution in [0.15, 0.2) is 18.2 Å². The summed E-state index contributed by atoms with van der Waals surface area (Å²) in [4.78, 5) is 0. The Balaban J connectivity index is 1.98. The minimum Gasteiger partial charge on any atom is -0.497 e. The van der Waals surface area contributed by atoms with E-state index >= 15 is 0 Å². The molecule has 3 rings (SSSR count). The zero-order valence-electron chi connectivity index (χ0n) is 10.7. The van der Waals surface area contributed by atoms with Crippen LogP contribution in [0.3, 0.4) is 0 Å². The van der Waals surface area contributed by atoms with Gasteiger partial charge in [0.05, 0.1) is 13.2 Å². The Morgan fingerprint density at radius 1 is 1.50 bits per heavy atom. The van der Waals surface area contributed by atoms with Crippen LogP contribution in [-0.4, -0.2) is 28.8 Å². The zero-order valence-corrected chi connectivity index (χ0v) is 11.5. The Hall–Kier alpha value is -0.870. The number of aliphatic hydroxyl groups is 1. The summed E-state index contributed by atoms with van der Waals surface area (Å²) in [5.74, 6) is 2.68. The second kappa shape index (κ2) is 4.35. The lowest BCUT2D eigenvalue weighted by atomic mass is 9.85. The summed E-state index contributed by atoms with van der Waals surface area (Å²) < 4.78 is 11.4. The summed E-state index contributed by atoms with van der Waals surface area (Å²) in [6, 6.07) is 5.67. The quantitative estimate of drug-likeness (QED) is 0.848. The van der Waals surface area contributed by atoms with Gasteiger partial charge in [0.25, 0.3) is 0 Å². The first-order valence-electron chi connectivity index (χ1n) is 6.31. The van der Waals surface area contributed by atoms with E-state index in [9.17, 15) is 5.11 Å². The minimum absolute atomic E-state index is 0.189. The van der Waals surface area contributed by atoms with Gasteiger partial charge in [-0.2, -0.15) is 11.8 Å². The standard InChI is InChI=1S/C14H18O3S/c1-9-14(5-6-18-9)8-12(15)11-7-10(16-2)3-4-13(11)17-14/h3-4,7,9,12,15H,5-6,8H2,1-2H3. The van der Waals surface area contributed by atoms with Crippen molar-refractivity contribution in [2.24, 2.45) is 0 Å². The van der Waals surface area contributed by atoms with Gasteiger partial charge >= 0.3 is 0 Å². The van der Waals surface area contributed by atoms with Gasteiger partial charge in [0, 0.05) is 17.2 Å². The van der Waals surface area contributed by atoms with E-state index < -0.39 is 6.10 Å². The molecule has 2 aliphatic heterocycles. The molecule has 18 heavy (non-hydrogen) atoms. The van der Waals surface area contributed by atoms with Crippen LogP contribution < -0.4 is 9.47 Å². The van der Waals surface area contributed by atoms with E-state index in [-0.39, 0.29) is 5.60 Å². The number of hydrogen-bond donors (Lipinski definition) is 1. The molecule has 1 aromatic carbocycles. The molecule has 0 bridgehead atoms. The van der Waals surface area contributed by atoms with Gasteiger partial charge < -0.3 is 14.6 Å². The molecule has 3 nitrogen and oxygen atoms in total. The summed E-state index contributed by atoms with van der Waals surface area (Å²) in [7, 11) is 1.63. The summed E-state index contributed by atoms with van der Waals surface area (Å²) in [6.45, 7) is 2.19. The fourth-order valence-electron chi connectivity index (χ4n) is 2.87. The van der Waals surface area contributed by atoms with Crippen LogP contribution in [0.1, 0.15) is 31.4 Å². The molecule has 1 spiro atoms. The van der Waals surface area contributed by atoms with Crippen molar-refractivity contribution < 1.29 is 14.6 Å². The normalized spacial score (nSPS) is 34.2. The molecule has 3 atom stereocenters. The third kappa shape index (κ3) is 1.79. The van der Waals surface area contributed by atoms with Crippen molar-refractivity contribution in [1.29, 1.82) is 0 Å². The zero-order chi connectivity index (χ0) is 12.8. The Labute approximate surface area is 111 Å². The highest BCUT2D eigenvalue weighted by Gasteiger charge is 2.48. The molecule has 0 aromatic heterocycles. The van der Waals surface area contributed by atoms with Crippen molar-refractivity contribution in [2.75, 3.05) is 12.9 Å². The van der Waals surface area contributed by atoms with Crippen LogP contribution in [-0.2, 0) is 0 Å². The molecule has 2 heterocycles. The van der Waals surface area contributed by atoms with E-state index in [0.29, 0.717) is 11.7 Å². The smallest absolute Gasteiger partial charge is 0.126 e. The number of aliphatic hydroxyl groups excluding tert-OH is 1. The maximum Gasteiger partial charge on any atom is 0.126 e. The monoisotopic (exact) mass is 266 g/mol. The maximum absolute atomic E-state index is 10.4. The molecule has 3 unspecified atom stereocenters. The predicted octanol–water partition coefficient (Wildman–Crippen LogP) is 2.78. The van der Waals surface area contributed by atoms with Crippen molar-refractivity contribution in [3.05, 3.63) is 23.8 Å². The highest BCUT2D eigenvalue weighted by atomic mass is 32.2. The second-order valence-corrected chi connectivity index (χ2v) is 6.50. The molecule has 0 amide bonds. The lowest BCUT2D eigenvalue weighted by molar-refractivity contribution is -0.0104. The molecule has 4 heteroatoms. The molecular formula is C14H18O3S. The SMILES string of the molecule is COc1ccc2c(c1)C(O)CC1(CCSC1C)O2. The molecule has 1 N–H and O–H groups in total. The Morgan fingerprint density at radius 3 is 3.00 bits per heavy atom. The van der Waals surface area contributed by atoms with Gasteiger partial charge in [0.2, 0.25) is 0 Å². The number of fused-ring (bicyclic) bond motifs is 1.